The first-order valence-corrected chi connectivity index (χ1v) is 9.89. The van der Waals surface area contributed by atoms with Crippen molar-refractivity contribution in [2.75, 3.05) is 4.90 Å². The maximum atomic E-state index is 13.3. The largest absolute Gasteiger partial charge is 0.391 e. The van der Waals surface area contributed by atoms with Crippen molar-refractivity contribution < 1.29 is 14.4 Å². The van der Waals surface area contributed by atoms with Crippen LogP contribution in [0.3, 0.4) is 0 Å². The maximum absolute atomic E-state index is 13.3. The van der Waals surface area contributed by atoms with Crippen LogP contribution in [0.2, 0.25) is 0 Å². The Morgan fingerprint density at radius 3 is 2.29 bits per heavy atom. The minimum absolute atomic E-state index is 0.0534. The first-order valence-electron chi connectivity index (χ1n) is 9.89. The number of oxime groups is 1. The van der Waals surface area contributed by atoms with Gasteiger partial charge in [0.15, 0.2) is 0 Å². The lowest BCUT2D eigenvalue weighted by Crippen LogP contribution is -2.41. The van der Waals surface area contributed by atoms with E-state index < -0.39 is 0 Å². The van der Waals surface area contributed by atoms with E-state index in [1.165, 1.54) is 10.5 Å². The zero-order valence-electron chi connectivity index (χ0n) is 15.5. The normalized spacial score (nSPS) is 35.0. The molecule has 2 aliphatic heterocycles. The molecule has 2 aromatic rings. The van der Waals surface area contributed by atoms with Crippen molar-refractivity contribution in [3.8, 4) is 0 Å². The van der Waals surface area contributed by atoms with Gasteiger partial charge in [-0.1, -0.05) is 53.2 Å². The van der Waals surface area contributed by atoms with E-state index >= 15 is 0 Å². The average Bonchev–Trinajstić information content (AvgIpc) is 3.44. The Labute approximate surface area is 163 Å². The van der Waals surface area contributed by atoms with E-state index in [1.54, 1.807) is 0 Å². The fourth-order valence-corrected chi connectivity index (χ4v) is 5.92. The molecule has 2 saturated carbocycles. The van der Waals surface area contributed by atoms with Crippen molar-refractivity contribution in [2.24, 2.45) is 34.7 Å². The van der Waals surface area contributed by atoms with Crippen LogP contribution in [0.25, 0.3) is 0 Å². The van der Waals surface area contributed by atoms with E-state index in [2.05, 4.69) is 36.3 Å². The molecule has 0 aromatic heterocycles. The number of anilines is 1. The number of carbonyl (C=O) groups excluding carboxylic acids is 2. The molecule has 2 aliphatic carbocycles. The van der Waals surface area contributed by atoms with Gasteiger partial charge in [-0.3, -0.25) is 14.5 Å². The van der Waals surface area contributed by atoms with Crippen molar-refractivity contribution in [3.63, 3.8) is 0 Å². The summed E-state index contributed by atoms with van der Waals surface area (Å²) in [7, 11) is 0. The smallest absolute Gasteiger partial charge is 0.238 e. The molecule has 0 radical (unpaired) electrons. The van der Waals surface area contributed by atoms with E-state index in [9.17, 15) is 9.59 Å². The Balaban J connectivity index is 1.36. The second kappa shape index (κ2) is 5.53. The molecule has 0 spiro atoms. The molecule has 140 valence electrons. The molecule has 2 amide bonds. The predicted molar refractivity (Wildman–Crippen MR) is 104 cm³/mol. The minimum Gasteiger partial charge on any atom is -0.391 e. The van der Waals surface area contributed by atoms with E-state index in [1.807, 2.05) is 30.3 Å². The monoisotopic (exact) mass is 372 g/mol. The third-order valence-corrected chi connectivity index (χ3v) is 7.05. The van der Waals surface area contributed by atoms with Crippen LogP contribution < -0.4 is 4.90 Å². The van der Waals surface area contributed by atoms with Crippen LogP contribution in [0.4, 0.5) is 5.69 Å². The average molecular weight is 372 g/mol. The summed E-state index contributed by atoms with van der Waals surface area (Å²) in [5, 5.41) is 4.40. The number of carbonyl (C=O) groups is 2. The molecular formula is C23H20N2O3. The van der Waals surface area contributed by atoms with Gasteiger partial charge in [-0.2, -0.15) is 0 Å². The number of imide groups is 1. The minimum atomic E-state index is -0.272. The SMILES string of the molecule is Cc1ccc(C2=NO[C@H]3[C@@H]4C[C@H]([C@H]5C(=O)N(c6ccccc6)C(=O)[C@H]45)[C@H]23)cc1. The lowest BCUT2D eigenvalue weighted by Gasteiger charge is -2.29. The van der Waals surface area contributed by atoms with Gasteiger partial charge < -0.3 is 4.84 Å². The zero-order valence-corrected chi connectivity index (χ0v) is 15.5. The summed E-state index contributed by atoms with van der Waals surface area (Å²) in [4.78, 5) is 33.7. The Kier molecular flexibility index (Phi) is 3.17. The van der Waals surface area contributed by atoms with Gasteiger partial charge in [0.1, 0.15) is 6.10 Å². The number of hydrogen-bond donors (Lipinski definition) is 0. The molecule has 3 fully saturated rings. The highest BCUT2D eigenvalue weighted by Crippen LogP contribution is 2.61. The summed E-state index contributed by atoms with van der Waals surface area (Å²) >= 11 is 0. The first-order chi connectivity index (χ1) is 13.6. The highest BCUT2D eigenvalue weighted by molar-refractivity contribution is 6.23. The van der Waals surface area contributed by atoms with Crippen LogP contribution in [-0.4, -0.2) is 23.6 Å². The maximum Gasteiger partial charge on any atom is 0.238 e. The van der Waals surface area contributed by atoms with Crippen molar-refractivity contribution in [3.05, 3.63) is 65.7 Å². The van der Waals surface area contributed by atoms with Gasteiger partial charge in [0.05, 0.1) is 23.2 Å². The molecule has 28 heavy (non-hydrogen) atoms. The van der Waals surface area contributed by atoms with E-state index in [0.717, 1.165) is 17.7 Å². The first kappa shape index (κ1) is 16.0. The summed E-state index contributed by atoms with van der Waals surface area (Å²) in [6.07, 6.45) is 0.783. The standard InChI is InChI=1S/C23H20N2O3/c1-12-7-9-13(10-8-12)20-19-15-11-16(21(19)28-24-20)18-17(15)22(26)25(23(18)27)14-5-3-2-4-6-14/h2-10,15-19,21H,11H2,1H3/t15-,16-,17-,18-,19-,21+/m1/s1. The van der Waals surface area contributed by atoms with E-state index in [-0.39, 0.29) is 47.5 Å². The predicted octanol–water partition coefficient (Wildman–Crippen LogP) is 3.17. The fraction of sp³-hybridized carbons (Fsp3) is 0.348. The van der Waals surface area contributed by atoms with Gasteiger partial charge in [-0.25, -0.2) is 0 Å². The summed E-state index contributed by atoms with van der Waals surface area (Å²) < 4.78 is 0. The number of hydrogen-bond acceptors (Lipinski definition) is 4. The van der Waals surface area contributed by atoms with Gasteiger partial charge in [0.2, 0.25) is 11.8 Å². The van der Waals surface area contributed by atoms with Crippen LogP contribution in [-0.2, 0) is 14.4 Å². The second-order valence-corrected chi connectivity index (χ2v) is 8.40. The molecule has 5 heteroatoms. The summed E-state index contributed by atoms with van der Waals surface area (Å²) in [5.41, 5.74) is 3.86. The molecule has 2 heterocycles. The Morgan fingerprint density at radius 2 is 1.57 bits per heavy atom. The van der Waals surface area contributed by atoms with Crippen molar-refractivity contribution in [1.29, 1.82) is 0 Å². The number of rotatable bonds is 2. The van der Waals surface area contributed by atoms with Gasteiger partial charge in [-0.05, 0) is 37.0 Å². The lowest BCUT2D eigenvalue weighted by atomic mass is 9.71. The third-order valence-electron chi connectivity index (χ3n) is 7.05. The summed E-state index contributed by atoms with van der Waals surface area (Å²) in [5.74, 6) is -0.365. The number of para-hydroxylation sites is 1. The van der Waals surface area contributed by atoms with Crippen LogP contribution in [0.5, 0.6) is 0 Å². The Hall–Kier alpha value is -2.95. The van der Waals surface area contributed by atoms with E-state index in [0.29, 0.717) is 5.69 Å². The van der Waals surface area contributed by atoms with Crippen molar-refractivity contribution in [2.45, 2.75) is 19.4 Å². The zero-order chi connectivity index (χ0) is 19.0. The molecule has 4 aliphatic rings. The highest BCUT2D eigenvalue weighted by Gasteiger charge is 2.70. The van der Waals surface area contributed by atoms with Crippen LogP contribution in [0.1, 0.15) is 17.5 Å². The summed E-state index contributed by atoms with van der Waals surface area (Å²) in [6, 6.07) is 17.6. The van der Waals surface area contributed by atoms with E-state index in [4.69, 9.17) is 4.84 Å². The number of benzene rings is 2. The van der Waals surface area contributed by atoms with Gasteiger partial charge >= 0.3 is 0 Å². The summed E-state index contributed by atoms with van der Waals surface area (Å²) in [6.45, 7) is 2.06. The highest BCUT2D eigenvalue weighted by atomic mass is 16.6. The molecule has 1 saturated heterocycles. The molecule has 5 nitrogen and oxygen atoms in total. The molecule has 6 atom stereocenters. The lowest BCUT2D eigenvalue weighted by molar-refractivity contribution is -0.125. The molecule has 0 N–H and O–H groups in total. The number of fused-ring (bicyclic) bond motifs is 8. The number of aryl methyl sites for hydroxylation is 1. The quantitative estimate of drug-likeness (QED) is 0.761. The fourth-order valence-electron chi connectivity index (χ4n) is 5.92. The van der Waals surface area contributed by atoms with Crippen molar-refractivity contribution in [1.82, 2.24) is 0 Å². The topological polar surface area (TPSA) is 59.0 Å². The van der Waals surface area contributed by atoms with Gasteiger partial charge in [-0.15, -0.1) is 0 Å². The van der Waals surface area contributed by atoms with Crippen LogP contribution >= 0.6 is 0 Å². The van der Waals surface area contributed by atoms with Crippen LogP contribution in [0.15, 0.2) is 59.8 Å². The molecule has 0 unspecified atom stereocenters. The molecule has 2 bridgehead atoms. The molecular weight excluding hydrogens is 352 g/mol. The number of nitrogens with zero attached hydrogens (tertiary/aromatic N) is 2. The second-order valence-electron chi connectivity index (χ2n) is 8.40. The Bertz CT molecular complexity index is 1010. The molecule has 2 aromatic carbocycles. The van der Waals surface area contributed by atoms with Crippen LogP contribution in [0, 0.1) is 36.5 Å². The van der Waals surface area contributed by atoms with Gasteiger partial charge in [0, 0.05) is 11.8 Å². The van der Waals surface area contributed by atoms with Gasteiger partial charge in [0.25, 0.3) is 0 Å². The molecule has 6 rings (SSSR count). The third kappa shape index (κ3) is 1.94. The number of amides is 2. The van der Waals surface area contributed by atoms with Crippen molar-refractivity contribution >= 4 is 23.2 Å². The Morgan fingerprint density at radius 1 is 0.893 bits per heavy atom.